The van der Waals surface area contributed by atoms with Crippen molar-refractivity contribution < 1.29 is 0 Å². The Morgan fingerprint density at radius 1 is 1.10 bits per heavy atom. The van der Waals surface area contributed by atoms with E-state index < -0.39 is 0 Å². The number of anilines is 1. The maximum absolute atomic E-state index is 3.65. The van der Waals surface area contributed by atoms with Crippen LogP contribution in [0.15, 0.2) is 46.9 Å². The zero-order valence-electron chi connectivity index (χ0n) is 12.4. The van der Waals surface area contributed by atoms with Gasteiger partial charge in [0, 0.05) is 16.2 Å². The zero-order valence-corrected chi connectivity index (χ0v) is 14.0. The number of hydrogen-bond acceptors (Lipinski definition) is 1. The fourth-order valence-electron chi connectivity index (χ4n) is 2.35. The van der Waals surface area contributed by atoms with Crippen LogP contribution in [0.3, 0.4) is 0 Å². The summed E-state index contributed by atoms with van der Waals surface area (Å²) < 4.78 is 1.17. The maximum atomic E-state index is 3.65. The Balaban J connectivity index is 1.92. The molecule has 0 fully saturated rings. The van der Waals surface area contributed by atoms with Gasteiger partial charge in [0.1, 0.15) is 0 Å². The molecule has 0 heterocycles. The van der Waals surface area contributed by atoms with Crippen LogP contribution >= 0.6 is 15.9 Å². The van der Waals surface area contributed by atoms with Gasteiger partial charge in [0.2, 0.25) is 0 Å². The maximum Gasteiger partial charge on any atom is 0.0489 e. The van der Waals surface area contributed by atoms with Gasteiger partial charge in [-0.1, -0.05) is 42.0 Å². The Bertz CT molecular complexity index is 577. The van der Waals surface area contributed by atoms with Gasteiger partial charge in [-0.2, -0.15) is 0 Å². The van der Waals surface area contributed by atoms with Crippen molar-refractivity contribution in [3.63, 3.8) is 0 Å². The van der Waals surface area contributed by atoms with Crippen molar-refractivity contribution >= 4 is 21.6 Å². The van der Waals surface area contributed by atoms with E-state index in [2.05, 4.69) is 84.5 Å². The van der Waals surface area contributed by atoms with E-state index >= 15 is 0 Å². The Morgan fingerprint density at radius 2 is 1.85 bits per heavy atom. The van der Waals surface area contributed by atoms with Crippen LogP contribution in [-0.2, 0) is 6.42 Å². The lowest BCUT2D eigenvalue weighted by molar-refractivity contribution is 0.705. The van der Waals surface area contributed by atoms with E-state index in [0.717, 1.165) is 12.8 Å². The van der Waals surface area contributed by atoms with Gasteiger partial charge in [0.15, 0.2) is 0 Å². The van der Waals surface area contributed by atoms with E-state index in [1.807, 2.05) is 0 Å². The molecule has 0 saturated carbocycles. The van der Waals surface area contributed by atoms with Crippen LogP contribution in [-0.4, -0.2) is 6.04 Å². The van der Waals surface area contributed by atoms with Gasteiger partial charge in [-0.05, 0) is 66.7 Å². The van der Waals surface area contributed by atoms with E-state index in [4.69, 9.17) is 0 Å². The minimum absolute atomic E-state index is 0.452. The second kappa shape index (κ2) is 6.94. The van der Waals surface area contributed by atoms with Crippen LogP contribution in [0.2, 0.25) is 0 Å². The normalized spacial score (nSPS) is 12.2. The molecule has 1 atom stereocenters. The third-order valence-electron chi connectivity index (χ3n) is 3.54. The van der Waals surface area contributed by atoms with Crippen molar-refractivity contribution in [1.29, 1.82) is 0 Å². The first-order chi connectivity index (χ1) is 9.56. The average Bonchev–Trinajstić information content (AvgIpc) is 2.42. The first-order valence-electron chi connectivity index (χ1n) is 7.13. The van der Waals surface area contributed by atoms with E-state index in [1.54, 1.807) is 0 Å². The number of aryl methyl sites for hydroxylation is 3. The highest BCUT2D eigenvalue weighted by atomic mass is 79.9. The van der Waals surface area contributed by atoms with Gasteiger partial charge in [0.05, 0.1) is 0 Å². The Kier molecular flexibility index (Phi) is 5.24. The van der Waals surface area contributed by atoms with Gasteiger partial charge in [-0.25, -0.2) is 0 Å². The molecule has 0 saturated heterocycles. The fraction of sp³-hybridized carbons (Fsp3) is 0.333. The molecule has 2 aromatic rings. The molecule has 1 unspecified atom stereocenters. The van der Waals surface area contributed by atoms with Crippen LogP contribution in [0, 0.1) is 13.8 Å². The first kappa shape index (κ1) is 15.1. The molecule has 0 spiro atoms. The molecule has 0 aliphatic carbocycles. The van der Waals surface area contributed by atoms with Crippen molar-refractivity contribution in [3.8, 4) is 0 Å². The summed E-state index contributed by atoms with van der Waals surface area (Å²) in [7, 11) is 0. The van der Waals surface area contributed by atoms with Crippen LogP contribution < -0.4 is 5.32 Å². The molecule has 1 N–H and O–H groups in total. The number of halogens is 1. The Hall–Kier alpha value is -1.28. The highest BCUT2D eigenvalue weighted by molar-refractivity contribution is 9.10. The minimum atomic E-state index is 0.452. The second-order valence-corrected chi connectivity index (χ2v) is 6.30. The van der Waals surface area contributed by atoms with Gasteiger partial charge < -0.3 is 5.32 Å². The predicted molar refractivity (Wildman–Crippen MR) is 91.5 cm³/mol. The molecule has 0 aromatic heterocycles. The number of hydrogen-bond donors (Lipinski definition) is 1. The summed E-state index contributed by atoms with van der Waals surface area (Å²) in [6.07, 6.45) is 2.24. The van der Waals surface area contributed by atoms with Crippen LogP contribution in [0.25, 0.3) is 0 Å². The van der Waals surface area contributed by atoms with Gasteiger partial charge >= 0.3 is 0 Å². The lowest BCUT2D eigenvalue weighted by atomic mass is 10.0. The van der Waals surface area contributed by atoms with E-state index in [9.17, 15) is 0 Å². The first-order valence-corrected chi connectivity index (χ1v) is 7.93. The van der Waals surface area contributed by atoms with E-state index in [1.165, 1.54) is 26.9 Å². The second-order valence-electron chi connectivity index (χ2n) is 5.51. The molecule has 20 heavy (non-hydrogen) atoms. The standard InChI is InChI=1S/C18H22BrN/c1-13-6-4-8-16(12-13)11-10-15(3)20-17-9-5-7-14(2)18(17)19/h4-9,12,15,20H,10-11H2,1-3H3. The van der Waals surface area contributed by atoms with Crippen LogP contribution in [0.1, 0.15) is 30.0 Å². The van der Waals surface area contributed by atoms with Crippen LogP contribution in [0.4, 0.5) is 5.69 Å². The van der Waals surface area contributed by atoms with Crippen molar-refractivity contribution in [2.24, 2.45) is 0 Å². The molecule has 0 aliphatic heterocycles. The van der Waals surface area contributed by atoms with Crippen molar-refractivity contribution in [2.75, 3.05) is 5.32 Å². The van der Waals surface area contributed by atoms with Crippen LogP contribution in [0.5, 0.6) is 0 Å². The predicted octanol–water partition coefficient (Wildman–Crippen LogP) is 5.50. The summed E-state index contributed by atoms with van der Waals surface area (Å²) in [5, 5.41) is 3.59. The summed E-state index contributed by atoms with van der Waals surface area (Å²) in [5.41, 5.74) is 5.20. The molecule has 2 rings (SSSR count). The lowest BCUT2D eigenvalue weighted by Gasteiger charge is -2.17. The molecule has 106 valence electrons. The molecule has 2 aromatic carbocycles. The topological polar surface area (TPSA) is 12.0 Å². The quantitative estimate of drug-likeness (QED) is 0.762. The van der Waals surface area contributed by atoms with Gasteiger partial charge in [-0.3, -0.25) is 0 Å². The van der Waals surface area contributed by atoms with Crippen molar-refractivity contribution in [1.82, 2.24) is 0 Å². The molecule has 2 heteroatoms. The van der Waals surface area contributed by atoms with E-state index in [0.29, 0.717) is 6.04 Å². The molecular weight excluding hydrogens is 310 g/mol. The summed E-state index contributed by atoms with van der Waals surface area (Å²) in [4.78, 5) is 0. The highest BCUT2D eigenvalue weighted by Gasteiger charge is 2.07. The molecule has 0 bridgehead atoms. The third kappa shape index (κ3) is 4.11. The number of nitrogens with one attached hydrogen (secondary N) is 1. The van der Waals surface area contributed by atoms with Gasteiger partial charge in [-0.15, -0.1) is 0 Å². The molecule has 0 radical (unpaired) electrons. The third-order valence-corrected chi connectivity index (χ3v) is 4.59. The van der Waals surface area contributed by atoms with Crippen molar-refractivity contribution in [2.45, 2.75) is 39.7 Å². The summed E-state index contributed by atoms with van der Waals surface area (Å²) in [6.45, 7) is 6.51. The summed E-state index contributed by atoms with van der Waals surface area (Å²) in [5.74, 6) is 0. The monoisotopic (exact) mass is 331 g/mol. The van der Waals surface area contributed by atoms with Crippen molar-refractivity contribution in [3.05, 3.63) is 63.6 Å². The summed E-state index contributed by atoms with van der Waals surface area (Å²) in [6, 6.07) is 15.6. The Morgan fingerprint density at radius 3 is 2.60 bits per heavy atom. The largest absolute Gasteiger partial charge is 0.382 e. The molecule has 0 amide bonds. The number of rotatable bonds is 5. The zero-order chi connectivity index (χ0) is 14.5. The average molecular weight is 332 g/mol. The number of benzene rings is 2. The molecule has 1 nitrogen and oxygen atoms in total. The smallest absolute Gasteiger partial charge is 0.0489 e. The van der Waals surface area contributed by atoms with Gasteiger partial charge in [0.25, 0.3) is 0 Å². The SMILES string of the molecule is Cc1cccc(CCC(C)Nc2cccc(C)c2Br)c1. The fourth-order valence-corrected chi connectivity index (χ4v) is 2.73. The Labute approximate surface area is 130 Å². The minimum Gasteiger partial charge on any atom is -0.382 e. The lowest BCUT2D eigenvalue weighted by Crippen LogP contribution is -2.16. The highest BCUT2D eigenvalue weighted by Crippen LogP contribution is 2.26. The molecule has 0 aliphatic rings. The molecular formula is C18H22BrN. The van der Waals surface area contributed by atoms with E-state index in [-0.39, 0.29) is 0 Å². The summed E-state index contributed by atoms with van der Waals surface area (Å²) >= 11 is 3.65.